The second-order valence-electron chi connectivity index (χ2n) is 8.02. The standard InChI is InChI=1S/C19H29N3O3S.C2HF3O2/c1-16-6-2-5-9-18(16)19(23)22(17-7-3-4-8-17)14-15-26(24,25)21-12-10-20-11-13-21;3-2(4,5)1(6)7/h2,5-6,9,17,20H,3-4,7-8,10-15H2,1H3;(H,6,7). The molecule has 0 radical (unpaired) electrons. The van der Waals surface area contributed by atoms with E-state index in [2.05, 4.69) is 5.32 Å². The average molecular weight is 494 g/mol. The Kier molecular flexibility index (Phi) is 9.68. The number of aliphatic carboxylic acids is 1. The first-order valence-electron chi connectivity index (χ1n) is 10.8. The fourth-order valence-corrected chi connectivity index (χ4v) is 5.32. The Bertz CT molecular complexity index is 912. The molecular formula is C21H30F3N3O5S. The highest BCUT2D eigenvalue weighted by Crippen LogP contribution is 2.26. The van der Waals surface area contributed by atoms with Crippen LogP contribution in [0, 0.1) is 6.92 Å². The van der Waals surface area contributed by atoms with Gasteiger partial charge in [-0.1, -0.05) is 31.0 Å². The molecule has 0 aromatic heterocycles. The predicted molar refractivity (Wildman–Crippen MR) is 116 cm³/mol. The zero-order valence-corrected chi connectivity index (χ0v) is 19.3. The van der Waals surface area contributed by atoms with Crippen LogP contribution in [0.5, 0.6) is 0 Å². The first kappa shape index (κ1) is 27.1. The molecule has 33 heavy (non-hydrogen) atoms. The molecule has 0 bridgehead atoms. The van der Waals surface area contributed by atoms with Gasteiger partial charge in [-0.3, -0.25) is 4.79 Å². The van der Waals surface area contributed by atoms with Crippen LogP contribution in [0.1, 0.15) is 41.6 Å². The van der Waals surface area contributed by atoms with E-state index in [1.54, 1.807) is 4.31 Å². The summed E-state index contributed by atoms with van der Waals surface area (Å²) < 4.78 is 58.7. The molecule has 1 saturated heterocycles. The Labute approximate surface area is 191 Å². The van der Waals surface area contributed by atoms with Crippen LogP contribution in [-0.4, -0.2) is 85.3 Å². The Morgan fingerprint density at radius 1 is 1.15 bits per heavy atom. The second-order valence-corrected chi connectivity index (χ2v) is 10.1. The fourth-order valence-electron chi connectivity index (χ4n) is 3.90. The number of rotatable bonds is 6. The zero-order chi connectivity index (χ0) is 24.6. The summed E-state index contributed by atoms with van der Waals surface area (Å²) in [5.41, 5.74) is 1.62. The number of nitrogens with zero attached hydrogens (tertiary/aromatic N) is 2. The summed E-state index contributed by atoms with van der Waals surface area (Å²) in [7, 11) is -3.33. The van der Waals surface area contributed by atoms with Crippen molar-refractivity contribution in [2.45, 2.75) is 44.8 Å². The van der Waals surface area contributed by atoms with Crippen molar-refractivity contribution in [1.29, 1.82) is 0 Å². The SMILES string of the molecule is Cc1ccccc1C(=O)N(CCS(=O)(=O)N1CCNCC1)C1CCCC1.O=C(O)C(F)(F)F. The molecule has 3 rings (SSSR count). The largest absolute Gasteiger partial charge is 0.490 e. The minimum atomic E-state index is -5.08. The normalized spacial score (nSPS) is 17.8. The summed E-state index contributed by atoms with van der Waals surface area (Å²) in [6.45, 7) is 4.60. The van der Waals surface area contributed by atoms with Crippen molar-refractivity contribution in [3.63, 3.8) is 0 Å². The molecule has 1 aromatic carbocycles. The van der Waals surface area contributed by atoms with Gasteiger partial charge in [0, 0.05) is 44.3 Å². The summed E-state index contributed by atoms with van der Waals surface area (Å²) in [6, 6.07) is 7.70. The Hall–Kier alpha value is -2.18. The molecule has 2 aliphatic rings. The number of hydrogen-bond acceptors (Lipinski definition) is 5. The van der Waals surface area contributed by atoms with Crippen LogP contribution in [0.3, 0.4) is 0 Å². The number of sulfonamides is 1. The van der Waals surface area contributed by atoms with E-state index >= 15 is 0 Å². The third kappa shape index (κ3) is 7.97. The lowest BCUT2D eigenvalue weighted by molar-refractivity contribution is -0.192. The third-order valence-corrected chi connectivity index (χ3v) is 7.55. The average Bonchev–Trinajstić information content (AvgIpc) is 3.29. The number of halogens is 3. The molecule has 186 valence electrons. The van der Waals surface area contributed by atoms with Crippen LogP contribution in [0.2, 0.25) is 0 Å². The summed E-state index contributed by atoms with van der Waals surface area (Å²) in [5.74, 6) is -2.79. The van der Waals surface area contributed by atoms with E-state index in [9.17, 15) is 26.4 Å². The maximum absolute atomic E-state index is 13.2. The van der Waals surface area contributed by atoms with Crippen LogP contribution in [0.15, 0.2) is 24.3 Å². The monoisotopic (exact) mass is 493 g/mol. The number of carbonyl (C=O) groups is 2. The quantitative estimate of drug-likeness (QED) is 0.630. The van der Waals surface area contributed by atoms with Gasteiger partial charge in [0.1, 0.15) is 0 Å². The van der Waals surface area contributed by atoms with E-state index in [4.69, 9.17) is 9.90 Å². The number of hydrogen-bond donors (Lipinski definition) is 2. The first-order chi connectivity index (χ1) is 15.4. The molecule has 0 unspecified atom stereocenters. The fraction of sp³-hybridized carbons (Fsp3) is 0.619. The van der Waals surface area contributed by atoms with E-state index in [1.165, 1.54) is 0 Å². The van der Waals surface area contributed by atoms with Crippen LogP contribution in [-0.2, 0) is 14.8 Å². The maximum atomic E-state index is 13.2. The minimum Gasteiger partial charge on any atom is -0.475 e. The van der Waals surface area contributed by atoms with E-state index in [1.807, 2.05) is 36.1 Å². The molecule has 12 heteroatoms. The van der Waals surface area contributed by atoms with Gasteiger partial charge in [-0.15, -0.1) is 0 Å². The predicted octanol–water partition coefficient (Wildman–Crippen LogP) is 2.25. The smallest absolute Gasteiger partial charge is 0.475 e. The van der Waals surface area contributed by atoms with Gasteiger partial charge < -0.3 is 15.3 Å². The van der Waals surface area contributed by atoms with Crippen molar-refractivity contribution in [1.82, 2.24) is 14.5 Å². The highest BCUT2D eigenvalue weighted by molar-refractivity contribution is 7.89. The first-order valence-corrected chi connectivity index (χ1v) is 12.4. The topological polar surface area (TPSA) is 107 Å². The van der Waals surface area contributed by atoms with Crippen molar-refractivity contribution >= 4 is 21.9 Å². The molecule has 1 aliphatic heterocycles. The van der Waals surface area contributed by atoms with Gasteiger partial charge in [0.15, 0.2) is 0 Å². The molecule has 0 spiro atoms. The number of nitrogens with one attached hydrogen (secondary N) is 1. The number of carbonyl (C=O) groups excluding carboxylic acids is 1. The number of amides is 1. The van der Waals surface area contributed by atoms with E-state index in [0.717, 1.165) is 31.2 Å². The Balaban J connectivity index is 0.000000479. The molecule has 1 aliphatic carbocycles. The number of carboxylic acids is 1. The van der Waals surface area contributed by atoms with Crippen molar-refractivity contribution in [2.75, 3.05) is 38.5 Å². The molecular weight excluding hydrogens is 463 g/mol. The zero-order valence-electron chi connectivity index (χ0n) is 18.5. The van der Waals surface area contributed by atoms with Gasteiger partial charge in [0.05, 0.1) is 5.75 Å². The van der Waals surface area contributed by atoms with Crippen LogP contribution in [0.4, 0.5) is 13.2 Å². The molecule has 2 fully saturated rings. The van der Waals surface area contributed by atoms with E-state index < -0.39 is 22.2 Å². The Morgan fingerprint density at radius 2 is 1.70 bits per heavy atom. The van der Waals surface area contributed by atoms with Crippen LogP contribution < -0.4 is 5.32 Å². The van der Waals surface area contributed by atoms with E-state index in [-0.39, 0.29) is 24.2 Å². The molecule has 1 saturated carbocycles. The number of alkyl halides is 3. The van der Waals surface area contributed by atoms with Gasteiger partial charge in [0.2, 0.25) is 10.0 Å². The highest BCUT2D eigenvalue weighted by atomic mass is 32.2. The van der Waals surface area contributed by atoms with Crippen molar-refractivity contribution in [2.24, 2.45) is 0 Å². The lowest BCUT2D eigenvalue weighted by atomic mass is 10.1. The summed E-state index contributed by atoms with van der Waals surface area (Å²) in [6.07, 6.45) is -0.948. The van der Waals surface area contributed by atoms with Gasteiger partial charge in [-0.05, 0) is 31.4 Å². The number of piperazine rings is 1. The highest BCUT2D eigenvalue weighted by Gasteiger charge is 2.38. The lowest BCUT2D eigenvalue weighted by Crippen LogP contribution is -2.49. The summed E-state index contributed by atoms with van der Waals surface area (Å²) in [5, 5.41) is 10.3. The maximum Gasteiger partial charge on any atom is 0.490 e. The molecule has 8 nitrogen and oxygen atoms in total. The van der Waals surface area contributed by atoms with Gasteiger partial charge in [0.25, 0.3) is 5.91 Å². The number of benzene rings is 1. The molecule has 0 atom stereocenters. The van der Waals surface area contributed by atoms with Gasteiger partial charge in [-0.25, -0.2) is 13.2 Å². The minimum absolute atomic E-state index is 0.00111. The second kappa shape index (κ2) is 11.8. The Morgan fingerprint density at radius 3 is 2.21 bits per heavy atom. The molecule has 1 aromatic rings. The third-order valence-electron chi connectivity index (χ3n) is 5.70. The van der Waals surface area contributed by atoms with Gasteiger partial charge >= 0.3 is 12.1 Å². The van der Waals surface area contributed by atoms with Crippen molar-refractivity contribution in [3.8, 4) is 0 Å². The number of aryl methyl sites for hydroxylation is 1. The number of carboxylic acid groups (broad SMARTS) is 1. The molecule has 1 heterocycles. The molecule has 1 amide bonds. The van der Waals surface area contributed by atoms with Crippen LogP contribution in [0.25, 0.3) is 0 Å². The van der Waals surface area contributed by atoms with Gasteiger partial charge in [-0.2, -0.15) is 17.5 Å². The van der Waals surface area contributed by atoms with Crippen molar-refractivity contribution in [3.05, 3.63) is 35.4 Å². The summed E-state index contributed by atoms with van der Waals surface area (Å²) >= 11 is 0. The molecule has 2 N–H and O–H groups in total. The lowest BCUT2D eigenvalue weighted by Gasteiger charge is -2.31. The van der Waals surface area contributed by atoms with Crippen LogP contribution >= 0.6 is 0 Å². The summed E-state index contributed by atoms with van der Waals surface area (Å²) in [4.78, 5) is 23.9. The van der Waals surface area contributed by atoms with E-state index in [0.29, 0.717) is 31.7 Å². The van der Waals surface area contributed by atoms with Crippen molar-refractivity contribution < 1.29 is 36.3 Å².